The third-order valence-corrected chi connectivity index (χ3v) is 3.00. The number of hydrogen-bond donors (Lipinski definition) is 2. The maximum Gasteiger partial charge on any atom is 0.0546 e. The van der Waals surface area contributed by atoms with Gasteiger partial charge in [-0.05, 0) is 31.1 Å². The molecular formula is C9H18O2. The monoisotopic (exact) mass is 158 g/mol. The van der Waals surface area contributed by atoms with Gasteiger partial charge in [-0.15, -0.1) is 0 Å². The Hall–Kier alpha value is -0.0800. The van der Waals surface area contributed by atoms with Gasteiger partial charge in [0.05, 0.1) is 6.10 Å². The van der Waals surface area contributed by atoms with E-state index >= 15 is 0 Å². The molecule has 1 rings (SSSR count). The molecule has 1 aliphatic rings. The van der Waals surface area contributed by atoms with Crippen LogP contribution in [0.1, 0.15) is 39.0 Å². The van der Waals surface area contributed by atoms with Crippen molar-refractivity contribution < 1.29 is 10.2 Å². The molecule has 0 spiro atoms. The molecule has 0 aromatic carbocycles. The number of aliphatic hydroxyl groups excluding tert-OH is 2. The van der Waals surface area contributed by atoms with Crippen LogP contribution in [-0.4, -0.2) is 22.9 Å². The van der Waals surface area contributed by atoms with Crippen LogP contribution >= 0.6 is 0 Å². The Balaban J connectivity index is 2.52. The van der Waals surface area contributed by atoms with Crippen LogP contribution in [0.4, 0.5) is 0 Å². The SMILES string of the molecule is CC[C@@]1(CO)CCCC(O)C1. The molecule has 1 aliphatic carbocycles. The summed E-state index contributed by atoms with van der Waals surface area (Å²) in [5.41, 5.74) is 0.0394. The lowest BCUT2D eigenvalue weighted by Gasteiger charge is -2.37. The van der Waals surface area contributed by atoms with Crippen LogP contribution in [-0.2, 0) is 0 Å². The summed E-state index contributed by atoms with van der Waals surface area (Å²) in [6, 6.07) is 0. The first kappa shape index (κ1) is 9.01. The van der Waals surface area contributed by atoms with E-state index in [2.05, 4.69) is 6.92 Å². The Kier molecular flexibility index (Phi) is 2.90. The minimum absolute atomic E-state index is 0.0394. The van der Waals surface area contributed by atoms with Gasteiger partial charge >= 0.3 is 0 Å². The Labute approximate surface area is 68.2 Å². The zero-order valence-electron chi connectivity index (χ0n) is 7.21. The lowest BCUT2D eigenvalue weighted by atomic mass is 9.72. The van der Waals surface area contributed by atoms with Crippen molar-refractivity contribution in [3.8, 4) is 0 Å². The van der Waals surface area contributed by atoms with Crippen LogP contribution < -0.4 is 0 Å². The molecule has 0 saturated heterocycles. The third kappa shape index (κ3) is 1.94. The molecular weight excluding hydrogens is 140 g/mol. The molecule has 0 aliphatic heterocycles. The molecule has 0 bridgehead atoms. The zero-order valence-corrected chi connectivity index (χ0v) is 7.21. The fourth-order valence-corrected chi connectivity index (χ4v) is 1.99. The van der Waals surface area contributed by atoms with Gasteiger partial charge < -0.3 is 10.2 Å². The van der Waals surface area contributed by atoms with Crippen LogP contribution in [0.15, 0.2) is 0 Å². The van der Waals surface area contributed by atoms with Gasteiger partial charge in [0.1, 0.15) is 0 Å². The quantitative estimate of drug-likeness (QED) is 0.636. The predicted octanol–water partition coefficient (Wildman–Crippen LogP) is 1.31. The van der Waals surface area contributed by atoms with E-state index in [0.717, 1.165) is 32.1 Å². The maximum absolute atomic E-state index is 9.40. The highest BCUT2D eigenvalue weighted by molar-refractivity contribution is 4.84. The molecule has 11 heavy (non-hydrogen) atoms. The number of aliphatic hydroxyl groups is 2. The number of rotatable bonds is 2. The van der Waals surface area contributed by atoms with Gasteiger partial charge in [-0.1, -0.05) is 13.3 Å². The smallest absolute Gasteiger partial charge is 0.0546 e. The molecule has 66 valence electrons. The van der Waals surface area contributed by atoms with Crippen molar-refractivity contribution in [3.63, 3.8) is 0 Å². The molecule has 2 N–H and O–H groups in total. The van der Waals surface area contributed by atoms with E-state index in [1.165, 1.54) is 0 Å². The molecule has 0 radical (unpaired) electrons. The second-order valence-electron chi connectivity index (χ2n) is 3.76. The fourth-order valence-electron chi connectivity index (χ4n) is 1.99. The number of hydrogen-bond acceptors (Lipinski definition) is 2. The van der Waals surface area contributed by atoms with Crippen LogP contribution in [0.2, 0.25) is 0 Å². The van der Waals surface area contributed by atoms with E-state index in [9.17, 15) is 5.11 Å². The van der Waals surface area contributed by atoms with E-state index in [1.807, 2.05) is 0 Å². The molecule has 2 nitrogen and oxygen atoms in total. The largest absolute Gasteiger partial charge is 0.396 e. The van der Waals surface area contributed by atoms with Crippen molar-refractivity contribution in [2.75, 3.05) is 6.61 Å². The lowest BCUT2D eigenvalue weighted by molar-refractivity contribution is 0.00605. The van der Waals surface area contributed by atoms with Crippen molar-refractivity contribution in [2.45, 2.75) is 45.1 Å². The summed E-state index contributed by atoms with van der Waals surface area (Å²) in [5, 5.41) is 18.5. The van der Waals surface area contributed by atoms with Crippen molar-refractivity contribution >= 4 is 0 Å². The molecule has 2 atom stereocenters. The molecule has 1 unspecified atom stereocenters. The van der Waals surface area contributed by atoms with E-state index in [4.69, 9.17) is 5.11 Å². The second-order valence-corrected chi connectivity index (χ2v) is 3.76. The van der Waals surface area contributed by atoms with E-state index in [1.54, 1.807) is 0 Å². The highest BCUT2D eigenvalue weighted by Crippen LogP contribution is 2.38. The average Bonchev–Trinajstić information content (AvgIpc) is 2.04. The van der Waals surface area contributed by atoms with Crippen molar-refractivity contribution in [3.05, 3.63) is 0 Å². The summed E-state index contributed by atoms with van der Waals surface area (Å²) < 4.78 is 0. The minimum Gasteiger partial charge on any atom is -0.396 e. The van der Waals surface area contributed by atoms with Gasteiger partial charge in [0.25, 0.3) is 0 Å². The fraction of sp³-hybridized carbons (Fsp3) is 1.00. The lowest BCUT2D eigenvalue weighted by Crippen LogP contribution is -2.33. The van der Waals surface area contributed by atoms with Gasteiger partial charge in [0.2, 0.25) is 0 Å². The molecule has 0 aromatic rings. The highest BCUT2D eigenvalue weighted by Gasteiger charge is 2.33. The molecule has 1 fully saturated rings. The molecule has 1 saturated carbocycles. The third-order valence-electron chi connectivity index (χ3n) is 3.00. The normalized spacial score (nSPS) is 39.0. The second kappa shape index (κ2) is 3.55. The highest BCUT2D eigenvalue weighted by atomic mass is 16.3. The van der Waals surface area contributed by atoms with Crippen LogP contribution in [0.3, 0.4) is 0 Å². The zero-order chi connectivity index (χ0) is 8.32. The Morgan fingerprint density at radius 1 is 1.55 bits per heavy atom. The van der Waals surface area contributed by atoms with Crippen LogP contribution in [0.5, 0.6) is 0 Å². The first-order valence-corrected chi connectivity index (χ1v) is 4.51. The van der Waals surface area contributed by atoms with Gasteiger partial charge in [0.15, 0.2) is 0 Å². The van der Waals surface area contributed by atoms with Crippen LogP contribution in [0, 0.1) is 5.41 Å². The summed E-state index contributed by atoms with van der Waals surface area (Å²) in [4.78, 5) is 0. The summed E-state index contributed by atoms with van der Waals surface area (Å²) in [6.45, 7) is 2.33. The molecule has 0 amide bonds. The van der Waals surface area contributed by atoms with E-state index in [-0.39, 0.29) is 18.1 Å². The molecule has 0 heterocycles. The average molecular weight is 158 g/mol. The molecule has 2 heteroatoms. The minimum atomic E-state index is -0.171. The first-order chi connectivity index (χ1) is 5.22. The Morgan fingerprint density at radius 3 is 2.64 bits per heavy atom. The van der Waals surface area contributed by atoms with Crippen LogP contribution in [0.25, 0.3) is 0 Å². The standard InChI is InChI=1S/C9H18O2/c1-2-9(7-10)5-3-4-8(11)6-9/h8,10-11H,2-7H2,1H3/t8?,9-/m1/s1. The van der Waals surface area contributed by atoms with Gasteiger partial charge in [0, 0.05) is 6.61 Å². The van der Waals surface area contributed by atoms with Crippen molar-refractivity contribution in [2.24, 2.45) is 5.41 Å². The van der Waals surface area contributed by atoms with Crippen molar-refractivity contribution in [1.29, 1.82) is 0 Å². The van der Waals surface area contributed by atoms with E-state index in [0.29, 0.717) is 0 Å². The van der Waals surface area contributed by atoms with Gasteiger partial charge in [-0.2, -0.15) is 0 Å². The van der Waals surface area contributed by atoms with Gasteiger partial charge in [-0.25, -0.2) is 0 Å². The van der Waals surface area contributed by atoms with Crippen molar-refractivity contribution in [1.82, 2.24) is 0 Å². The van der Waals surface area contributed by atoms with E-state index < -0.39 is 0 Å². The maximum atomic E-state index is 9.40. The summed E-state index contributed by atoms with van der Waals surface area (Å²) in [5.74, 6) is 0. The molecule has 0 aromatic heterocycles. The summed E-state index contributed by atoms with van der Waals surface area (Å²) in [7, 11) is 0. The summed E-state index contributed by atoms with van der Waals surface area (Å²) >= 11 is 0. The Bertz CT molecular complexity index is 119. The first-order valence-electron chi connectivity index (χ1n) is 4.51. The Morgan fingerprint density at radius 2 is 2.27 bits per heavy atom. The topological polar surface area (TPSA) is 40.5 Å². The van der Waals surface area contributed by atoms with Gasteiger partial charge in [-0.3, -0.25) is 0 Å². The predicted molar refractivity (Wildman–Crippen MR) is 44.3 cm³/mol. The summed E-state index contributed by atoms with van der Waals surface area (Å²) in [6.07, 6.45) is 4.67.